The summed E-state index contributed by atoms with van der Waals surface area (Å²) in [6.45, 7) is 2.31. The summed E-state index contributed by atoms with van der Waals surface area (Å²) < 4.78 is 5.12. The summed E-state index contributed by atoms with van der Waals surface area (Å²) in [5, 5.41) is 12.8. The van der Waals surface area contributed by atoms with E-state index in [4.69, 9.17) is 4.74 Å². The number of ether oxygens (including phenoxy) is 1. The van der Waals surface area contributed by atoms with Crippen LogP contribution in [0.3, 0.4) is 0 Å². The number of aliphatic hydroxyl groups is 1. The molecular weight excluding hydrogens is 254 g/mol. The lowest BCUT2D eigenvalue weighted by molar-refractivity contribution is -0.149. The average molecular weight is 277 g/mol. The summed E-state index contributed by atoms with van der Waals surface area (Å²) in [5.41, 5.74) is 1.86. The second-order valence-corrected chi connectivity index (χ2v) is 5.27. The van der Waals surface area contributed by atoms with Gasteiger partial charge in [-0.25, -0.2) is 0 Å². The molecule has 0 bridgehead atoms. The first kappa shape index (κ1) is 14.9. The van der Waals surface area contributed by atoms with Crippen molar-refractivity contribution in [2.45, 2.75) is 45.3 Å². The van der Waals surface area contributed by atoms with Gasteiger partial charge in [-0.15, -0.1) is 0 Å². The molecule has 1 aromatic rings. The predicted molar refractivity (Wildman–Crippen MR) is 78.4 cm³/mol. The summed E-state index contributed by atoms with van der Waals surface area (Å²) in [7, 11) is 0. The second-order valence-electron chi connectivity index (χ2n) is 5.27. The predicted octanol–water partition coefficient (Wildman–Crippen LogP) is 2.71. The monoisotopic (exact) mass is 277 g/mol. The van der Waals surface area contributed by atoms with Gasteiger partial charge in [0.05, 0.1) is 19.1 Å². The highest BCUT2D eigenvalue weighted by molar-refractivity contribution is 5.72. The van der Waals surface area contributed by atoms with Crippen molar-refractivity contribution in [3.05, 3.63) is 29.8 Å². The molecule has 1 aliphatic carbocycles. The van der Waals surface area contributed by atoms with Crippen molar-refractivity contribution in [3.63, 3.8) is 0 Å². The normalized spacial score (nSPS) is 22.3. The van der Waals surface area contributed by atoms with Crippen LogP contribution in [0.1, 0.15) is 38.2 Å². The number of aliphatic hydroxyl groups excluding tert-OH is 1. The molecule has 2 N–H and O–H groups in total. The van der Waals surface area contributed by atoms with Crippen LogP contribution in [0.15, 0.2) is 24.3 Å². The van der Waals surface area contributed by atoms with Crippen LogP contribution in [0.5, 0.6) is 0 Å². The van der Waals surface area contributed by atoms with Gasteiger partial charge in [-0.2, -0.15) is 0 Å². The molecule has 4 heteroatoms. The van der Waals surface area contributed by atoms with Gasteiger partial charge in [0, 0.05) is 17.3 Å². The van der Waals surface area contributed by atoms with E-state index in [1.807, 2.05) is 31.2 Å². The highest BCUT2D eigenvalue weighted by Crippen LogP contribution is 2.28. The third kappa shape index (κ3) is 3.73. The minimum absolute atomic E-state index is 0.00230. The number of carbonyl (C=O) groups is 1. The Kier molecular flexibility index (Phi) is 5.41. The van der Waals surface area contributed by atoms with Crippen molar-refractivity contribution in [2.75, 3.05) is 11.9 Å². The summed E-state index contributed by atoms with van der Waals surface area (Å²) in [6, 6.07) is 8.02. The smallest absolute Gasteiger partial charge is 0.308 e. The molecule has 110 valence electrons. The van der Waals surface area contributed by atoms with E-state index in [2.05, 4.69) is 5.32 Å². The SMILES string of the molecule is CCOC(=O)C1CCCC(Nc2ccccc2CO)C1. The Hall–Kier alpha value is -1.55. The number of benzene rings is 1. The molecule has 2 unspecified atom stereocenters. The molecule has 20 heavy (non-hydrogen) atoms. The van der Waals surface area contributed by atoms with Crippen molar-refractivity contribution in [2.24, 2.45) is 5.92 Å². The van der Waals surface area contributed by atoms with Crippen LogP contribution < -0.4 is 5.32 Å². The quantitative estimate of drug-likeness (QED) is 0.812. The van der Waals surface area contributed by atoms with Crippen LogP contribution in [-0.2, 0) is 16.1 Å². The summed E-state index contributed by atoms with van der Waals surface area (Å²) in [6.07, 6.45) is 3.80. The fraction of sp³-hybridized carbons (Fsp3) is 0.562. The van der Waals surface area contributed by atoms with Crippen LogP contribution >= 0.6 is 0 Å². The van der Waals surface area contributed by atoms with E-state index in [1.54, 1.807) is 0 Å². The Morgan fingerprint density at radius 3 is 2.95 bits per heavy atom. The number of esters is 1. The Labute approximate surface area is 120 Å². The number of rotatable bonds is 5. The summed E-state index contributed by atoms with van der Waals surface area (Å²) in [5.74, 6) is -0.0723. The van der Waals surface area contributed by atoms with Gasteiger partial charge in [0.2, 0.25) is 0 Å². The van der Waals surface area contributed by atoms with Gasteiger partial charge in [0.1, 0.15) is 0 Å². The second kappa shape index (κ2) is 7.29. The van der Waals surface area contributed by atoms with Crippen molar-refractivity contribution >= 4 is 11.7 Å². The fourth-order valence-corrected chi connectivity index (χ4v) is 2.81. The number of nitrogens with one attached hydrogen (secondary N) is 1. The molecule has 1 aliphatic rings. The van der Waals surface area contributed by atoms with E-state index in [9.17, 15) is 9.90 Å². The molecule has 1 aromatic carbocycles. The molecule has 0 saturated heterocycles. The third-order valence-corrected chi connectivity index (χ3v) is 3.84. The molecule has 4 nitrogen and oxygen atoms in total. The minimum atomic E-state index is -0.0746. The zero-order valence-corrected chi connectivity index (χ0v) is 12.0. The number of para-hydroxylation sites is 1. The van der Waals surface area contributed by atoms with Gasteiger partial charge in [-0.05, 0) is 32.3 Å². The molecule has 1 saturated carbocycles. The van der Waals surface area contributed by atoms with Crippen LogP contribution in [0.25, 0.3) is 0 Å². The Bertz CT molecular complexity index is 447. The molecule has 0 heterocycles. The van der Waals surface area contributed by atoms with Gasteiger partial charge >= 0.3 is 5.97 Å². The van der Waals surface area contributed by atoms with E-state index in [0.717, 1.165) is 36.9 Å². The Morgan fingerprint density at radius 2 is 2.20 bits per heavy atom. The van der Waals surface area contributed by atoms with E-state index >= 15 is 0 Å². The molecule has 1 fully saturated rings. The molecule has 0 aliphatic heterocycles. The molecule has 0 aromatic heterocycles. The highest BCUT2D eigenvalue weighted by atomic mass is 16.5. The molecule has 0 spiro atoms. The molecule has 2 rings (SSSR count). The van der Waals surface area contributed by atoms with Crippen LogP contribution in [0, 0.1) is 5.92 Å². The third-order valence-electron chi connectivity index (χ3n) is 3.84. The topological polar surface area (TPSA) is 58.6 Å². The van der Waals surface area contributed by atoms with Crippen LogP contribution in [0.2, 0.25) is 0 Å². The maximum Gasteiger partial charge on any atom is 0.308 e. The summed E-state index contributed by atoms with van der Waals surface area (Å²) >= 11 is 0. The fourth-order valence-electron chi connectivity index (χ4n) is 2.81. The number of hydrogen-bond acceptors (Lipinski definition) is 4. The van der Waals surface area contributed by atoms with Crippen molar-refractivity contribution in [1.29, 1.82) is 0 Å². The molecular formula is C16H23NO3. The van der Waals surface area contributed by atoms with Gasteiger partial charge in [0.25, 0.3) is 0 Å². The van der Waals surface area contributed by atoms with Gasteiger partial charge < -0.3 is 15.2 Å². The zero-order valence-electron chi connectivity index (χ0n) is 12.0. The Balaban J connectivity index is 1.97. The maximum atomic E-state index is 11.8. The molecule has 0 radical (unpaired) electrons. The first-order valence-corrected chi connectivity index (χ1v) is 7.36. The lowest BCUT2D eigenvalue weighted by Crippen LogP contribution is -2.32. The van der Waals surface area contributed by atoms with Crippen LogP contribution in [0.4, 0.5) is 5.69 Å². The van der Waals surface area contributed by atoms with Crippen LogP contribution in [-0.4, -0.2) is 23.7 Å². The average Bonchev–Trinajstić information content (AvgIpc) is 2.48. The van der Waals surface area contributed by atoms with Crippen molar-refractivity contribution in [3.8, 4) is 0 Å². The number of hydrogen-bond donors (Lipinski definition) is 2. The lowest BCUT2D eigenvalue weighted by Gasteiger charge is -2.29. The summed E-state index contributed by atoms with van der Waals surface area (Å²) in [4.78, 5) is 11.8. The van der Waals surface area contributed by atoms with E-state index in [1.165, 1.54) is 0 Å². The Morgan fingerprint density at radius 1 is 1.40 bits per heavy atom. The van der Waals surface area contributed by atoms with Gasteiger partial charge in [0.15, 0.2) is 0 Å². The van der Waals surface area contributed by atoms with Crippen molar-refractivity contribution in [1.82, 2.24) is 0 Å². The van der Waals surface area contributed by atoms with E-state index in [-0.39, 0.29) is 24.5 Å². The van der Waals surface area contributed by atoms with Crippen molar-refractivity contribution < 1.29 is 14.6 Å². The lowest BCUT2D eigenvalue weighted by atomic mass is 9.85. The number of carbonyl (C=O) groups excluding carboxylic acids is 1. The highest BCUT2D eigenvalue weighted by Gasteiger charge is 2.28. The van der Waals surface area contributed by atoms with Gasteiger partial charge in [-0.1, -0.05) is 24.6 Å². The largest absolute Gasteiger partial charge is 0.466 e. The zero-order chi connectivity index (χ0) is 14.4. The number of anilines is 1. The molecule has 0 amide bonds. The maximum absolute atomic E-state index is 11.8. The first-order chi connectivity index (χ1) is 9.74. The minimum Gasteiger partial charge on any atom is -0.466 e. The van der Waals surface area contributed by atoms with Gasteiger partial charge in [-0.3, -0.25) is 4.79 Å². The standard InChI is InChI=1S/C16H23NO3/c1-2-20-16(19)12-7-5-8-14(10-12)17-15-9-4-3-6-13(15)11-18/h3-4,6,9,12,14,17-18H,2,5,7-8,10-11H2,1H3. The van der Waals surface area contributed by atoms with E-state index in [0.29, 0.717) is 6.61 Å². The first-order valence-electron chi connectivity index (χ1n) is 7.36. The molecule has 2 atom stereocenters. The van der Waals surface area contributed by atoms with E-state index < -0.39 is 0 Å².